The van der Waals surface area contributed by atoms with Gasteiger partial charge in [-0.3, -0.25) is 0 Å². The lowest BCUT2D eigenvalue weighted by molar-refractivity contribution is 0.648. The Kier molecular flexibility index (Phi) is 4.36. The number of benzene rings is 1. The summed E-state index contributed by atoms with van der Waals surface area (Å²) in [6.45, 7) is 2.95. The van der Waals surface area contributed by atoms with Crippen LogP contribution < -0.4 is 0 Å². The third-order valence-corrected chi connectivity index (χ3v) is 4.83. The van der Waals surface area contributed by atoms with Gasteiger partial charge in [0, 0.05) is 17.5 Å². The summed E-state index contributed by atoms with van der Waals surface area (Å²) in [5, 5.41) is 8.48. The van der Waals surface area contributed by atoms with Gasteiger partial charge in [-0.2, -0.15) is 0 Å². The van der Waals surface area contributed by atoms with Crippen LogP contribution in [0.1, 0.15) is 29.0 Å². The Bertz CT molecular complexity index is 705. The molecular formula is C16H16ClN3S. The number of rotatable bonds is 5. The number of thiophene rings is 1. The molecule has 1 aromatic carbocycles. The van der Waals surface area contributed by atoms with Crippen LogP contribution >= 0.6 is 22.9 Å². The topological polar surface area (TPSA) is 30.7 Å². The SMILES string of the molecule is CC(Cc1cn(Cc2ccccc2)nn1)c1ccc(Cl)s1. The van der Waals surface area contributed by atoms with E-state index in [0.29, 0.717) is 5.92 Å². The molecule has 108 valence electrons. The Labute approximate surface area is 133 Å². The lowest BCUT2D eigenvalue weighted by atomic mass is 10.0. The molecule has 2 heterocycles. The lowest BCUT2D eigenvalue weighted by Crippen LogP contribution is -2.00. The summed E-state index contributed by atoms with van der Waals surface area (Å²) in [5.41, 5.74) is 2.25. The van der Waals surface area contributed by atoms with Crippen molar-refractivity contribution in [2.75, 3.05) is 0 Å². The van der Waals surface area contributed by atoms with Crippen molar-refractivity contribution in [1.82, 2.24) is 15.0 Å². The van der Waals surface area contributed by atoms with Crippen LogP contribution in [0.15, 0.2) is 48.7 Å². The highest BCUT2D eigenvalue weighted by Gasteiger charge is 2.12. The predicted molar refractivity (Wildman–Crippen MR) is 87.0 cm³/mol. The Morgan fingerprint density at radius 1 is 1.19 bits per heavy atom. The van der Waals surface area contributed by atoms with Crippen molar-refractivity contribution in [3.05, 3.63) is 69.1 Å². The van der Waals surface area contributed by atoms with Crippen LogP contribution in [0, 0.1) is 0 Å². The van der Waals surface area contributed by atoms with E-state index < -0.39 is 0 Å². The Morgan fingerprint density at radius 3 is 2.71 bits per heavy atom. The summed E-state index contributed by atoms with van der Waals surface area (Å²) >= 11 is 7.62. The monoisotopic (exact) mass is 317 g/mol. The maximum Gasteiger partial charge on any atom is 0.0931 e. The quantitative estimate of drug-likeness (QED) is 0.699. The molecule has 0 bridgehead atoms. The van der Waals surface area contributed by atoms with Crippen molar-refractivity contribution in [3.8, 4) is 0 Å². The van der Waals surface area contributed by atoms with E-state index in [1.165, 1.54) is 10.4 Å². The normalized spacial score (nSPS) is 12.5. The van der Waals surface area contributed by atoms with E-state index in [0.717, 1.165) is 23.0 Å². The van der Waals surface area contributed by atoms with Crippen molar-refractivity contribution < 1.29 is 0 Å². The number of halogens is 1. The molecule has 21 heavy (non-hydrogen) atoms. The van der Waals surface area contributed by atoms with Gasteiger partial charge in [0.2, 0.25) is 0 Å². The molecular weight excluding hydrogens is 302 g/mol. The van der Waals surface area contributed by atoms with Crippen molar-refractivity contribution >= 4 is 22.9 Å². The van der Waals surface area contributed by atoms with Gasteiger partial charge in [0.05, 0.1) is 16.6 Å². The fourth-order valence-electron chi connectivity index (χ4n) is 2.29. The number of hydrogen-bond acceptors (Lipinski definition) is 3. The zero-order valence-corrected chi connectivity index (χ0v) is 13.3. The highest BCUT2D eigenvalue weighted by molar-refractivity contribution is 7.16. The van der Waals surface area contributed by atoms with Gasteiger partial charge in [-0.1, -0.05) is 54.1 Å². The molecule has 5 heteroatoms. The fourth-order valence-corrected chi connectivity index (χ4v) is 3.40. The van der Waals surface area contributed by atoms with Gasteiger partial charge >= 0.3 is 0 Å². The maximum absolute atomic E-state index is 5.99. The van der Waals surface area contributed by atoms with Crippen molar-refractivity contribution in [2.45, 2.75) is 25.8 Å². The minimum atomic E-state index is 0.407. The molecule has 2 aromatic heterocycles. The summed E-state index contributed by atoms with van der Waals surface area (Å²) in [7, 11) is 0. The van der Waals surface area contributed by atoms with E-state index in [1.807, 2.05) is 35.1 Å². The average molecular weight is 318 g/mol. The molecule has 3 rings (SSSR count). The molecule has 1 unspecified atom stereocenters. The molecule has 0 saturated carbocycles. The first-order valence-electron chi connectivity index (χ1n) is 6.89. The standard InChI is InChI=1S/C16H16ClN3S/c1-12(15-7-8-16(17)21-15)9-14-11-20(19-18-14)10-13-5-3-2-4-6-13/h2-8,11-12H,9-10H2,1H3. The molecule has 0 aliphatic heterocycles. The van der Waals surface area contributed by atoms with Crippen LogP contribution in [0.5, 0.6) is 0 Å². The molecule has 0 fully saturated rings. The molecule has 1 atom stereocenters. The molecule has 0 N–H and O–H groups in total. The summed E-state index contributed by atoms with van der Waals surface area (Å²) in [6.07, 6.45) is 2.91. The van der Waals surface area contributed by atoms with Crippen LogP contribution in [0.4, 0.5) is 0 Å². The third kappa shape index (κ3) is 3.71. The minimum Gasteiger partial charge on any atom is -0.248 e. The molecule has 3 aromatic rings. The second kappa shape index (κ2) is 6.41. The summed E-state index contributed by atoms with van der Waals surface area (Å²) < 4.78 is 2.73. The molecule has 3 nitrogen and oxygen atoms in total. The summed E-state index contributed by atoms with van der Waals surface area (Å²) in [4.78, 5) is 1.29. The number of nitrogens with zero attached hydrogens (tertiary/aromatic N) is 3. The fraction of sp³-hybridized carbons (Fsp3) is 0.250. The first-order chi connectivity index (χ1) is 10.2. The second-order valence-electron chi connectivity index (χ2n) is 5.14. The van der Waals surface area contributed by atoms with E-state index in [4.69, 9.17) is 11.6 Å². The van der Waals surface area contributed by atoms with Crippen molar-refractivity contribution in [2.24, 2.45) is 0 Å². The van der Waals surface area contributed by atoms with Crippen LogP contribution in [-0.2, 0) is 13.0 Å². The first-order valence-corrected chi connectivity index (χ1v) is 8.08. The maximum atomic E-state index is 5.99. The van der Waals surface area contributed by atoms with Gasteiger partial charge in [0.15, 0.2) is 0 Å². The number of hydrogen-bond donors (Lipinski definition) is 0. The van der Waals surface area contributed by atoms with Crippen LogP contribution in [0.25, 0.3) is 0 Å². The van der Waals surface area contributed by atoms with Crippen molar-refractivity contribution in [3.63, 3.8) is 0 Å². The van der Waals surface area contributed by atoms with Crippen molar-refractivity contribution in [1.29, 1.82) is 0 Å². The molecule has 0 spiro atoms. The third-order valence-electron chi connectivity index (χ3n) is 3.37. The largest absolute Gasteiger partial charge is 0.248 e. The Hall–Kier alpha value is -1.65. The van der Waals surface area contributed by atoms with Gasteiger partial charge < -0.3 is 0 Å². The van der Waals surface area contributed by atoms with Crippen LogP contribution in [0.2, 0.25) is 4.34 Å². The highest BCUT2D eigenvalue weighted by atomic mass is 35.5. The Morgan fingerprint density at radius 2 is 2.00 bits per heavy atom. The molecule has 0 radical (unpaired) electrons. The van der Waals surface area contributed by atoms with Gasteiger partial charge in [0.1, 0.15) is 0 Å². The van der Waals surface area contributed by atoms with E-state index >= 15 is 0 Å². The molecule has 0 aliphatic carbocycles. The highest BCUT2D eigenvalue weighted by Crippen LogP contribution is 2.29. The molecule has 0 saturated heterocycles. The van der Waals surface area contributed by atoms with E-state index in [-0.39, 0.29) is 0 Å². The van der Waals surface area contributed by atoms with E-state index in [1.54, 1.807) is 11.3 Å². The number of aromatic nitrogens is 3. The van der Waals surface area contributed by atoms with Crippen LogP contribution in [0.3, 0.4) is 0 Å². The predicted octanol–water partition coefficient (Wildman–Crippen LogP) is 4.39. The minimum absolute atomic E-state index is 0.407. The lowest BCUT2D eigenvalue weighted by Gasteiger charge is -2.05. The summed E-state index contributed by atoms with van der Waals surface area (Å²) in [6, 6.07) is 14.3. The van der Waals surface area contributed by atoms with Gasteiger partial charge in [-0.25, -0.2) is 4.68 Å². The smallest absolute Gasteiger partial charge is 0.0931 e. The van der Waals surface area contributed by atoms with E-state index in [2.05, 4.69) is 35.4 Å². The Balaban J connectivity index is 1.65. The van der Waals surface area contributed by atoms with Gasteiger partial charge in [0.25, 0.3) is 0 Å². The molecule has 0 aliphatic rings. The zero-order valence-electron chi connectivity index (χ0n) is 11.7. The molecule has 0 amide bonds. The second-order valence-corrected chi connectivity index (χ2v) is 6.89. The van der Waals surface area contributed by atoms with E-state index in [9.17, 15) is 0 Å². The van der Waals surface area contributed by atoms with Gasteiger partial charge in [-0.15, -0.1) is 16.4 Å². The van der Waals surface area contributed by atoms with Crippen LogP contribution in [-0.4, -0.2) is 15.0 Å². The van der Waals surface area contributed by atoms with Gasteiger partial charge in [-0.05, 0) is 23.6 Å². The first kappa shape index (κ1) is 14.3. The summed E-state index contributed by atoms with van der Waals surface area (Å²) in [5.74, 6) is 0.407. The zero-order chi connectivity index (χ0) is 14.7. The average Bonchev–Trinajstić information content (AvgIpc) is 3.09.